The molecule has 35 heavy (non-hydrogen) atoms. The highest BCUT2D eigenvalue weighted by molar-refractivity contribution is 7.92. The molecule has 2 aromatic heterocycles. The summed E-state index contributed by atoms with van der Waals surface area (Å²) in [6.07, 6.45) is 4.71. The van der Waals surface area contributed by atoms with Crippen LogP contribution in [0.15, 0.2) is 64.3 Å². The van der Waals surface area contributed by atoms with Crippen molar-refractivity contribution >= 4 is 44.9 Å². The van der Waals surface area contributed by atoms with Crippen LogP contribution < -0.4 is 21.5 Å². The highest BCUT2D eigenvalue weighted by Crippen LogP contribution is 2.30. The first-order valence-electron chi connectivity index (χ1n) is 10.2. The molecule has 1 aromatic carbocycles. The number of sulfonamides is 1. The van der Waals surface area contributed by atoms with E-state index in [1.165, 1.54) is 36.2 Å². The predicted octanol–water partition coefficient (Wildman–Crippen LogP) is 1.24. The number of amides is 1. The summed E-state index contributed by atoms with van der Waals surface area (Å²) in [6, 6.07) is 6.52. The van der Waals surface area contributed by atoms with Crippen LogP contribution in [0, 0.1) is 0 Å². The van der Waals surface area contributed by atoms with Crippen LogP contribution in [0.3, 0.4) is 0 Å². The van der Waals surface area contributed by atoms with Crippen LogP contribution in [0.2, 0.25) is 0 Å². The summed E-state index contributed by atoms with van der Waals surface area (Å²) in [5.41, 5.74) is 11.4. The Morgan fingerprint density at radius 3 is 2.54 bits per heavy atom. The Morgan fingerprint density at radius 1 is 1.14 bits per heavy atom. The van der Waals surface area contributed by atoms with Gasteiger partial charge in [-0.1, -0.05) is 18.2 Å². The molecular weight excluding hydrogens is 494 g/mol. The van der Waals surface area contributed by atoms with Gasteiger partial charge in [0.1, 0.15) is 17.2 Å². The molecule has 0 aliphatic heterocycles. The highest BCUT2D eigenvalue weighted by atomic mass is 32.2. The molecule has 12 nitrogen and oxygen atoms in total. The van der Waals surface area contributed by atoms with Crippen molar-refractivity contribution in [3.05, 3.63) is 59.3 Å². The molecule has 0 spiro atoms. The molecule has 184 valence electrons. The van der Waals surface area contributed by atoms with E-state index in [4.69, 9.17) is 11.5 Å². The van der Waals surface area contributed by atoms with E-state index in [2.05, 4.69) is 25.0 Å². The molecule has 0 fully saturated rings. The quantitative estimate of drug-likeness (QED) is 0.141. The average Bonchev–Trinajstić information content (AvgIpc) is 3.28. The van der Waals surface area contributed by atoms with Gasteiger partial charge >= 0.3 is 5.97 Å². The number of hydrogen-bond acceptors (Lipinski definition) is 8. The fourth-order valence-electron chi connectivity index (χ4n) is 3.13. The van der Waals surface area contributed by atoms with Gasteiger partial charge in [0.05, 0.1) is 10.6 Å². The maximum atomic E-state index is 13.2. The minimum Gasteiger partial charge on any atom is -0.480 e. The van der Waals surface area contributed by atoms with Crippen molar-refractivity contribution in [2.45, 2.75) is 23.8 Å². The van der Waals surface area contributed by atoms with E-state index < -0.39 is 27.9 Å². The van der Waals surface area contributed by atoms with E-state index in [0.717, 1.165) is 11.3 Å². The van der Waals surface area contributed by atoms with Crippen molar-refractivity contribution in [1.82, 2.24) is 15.3 Å². The summed E-state index contributed by atoms with van der Waals surface area (Å²) in [6.45, 7) is 0.206. The number of carboxylic acid groups (broad SMARTS) is 1. The standard InChI is InChI=1S/C21H23N7O5S2/c22-21(23)26-8-3-5-16(20(30)31)27-19(29)18-15(7-9-34-18)28-35(32,33)17-6-2-1-4-14(17)13-10-24-12-25-11-13/h1-2,4,6-7,9-12,16,28H,3,5,8H2,(H,27,29)(H,30,31)(H4,22,23,26)/t16-/m0/s1. The SMILES string of the molecule is NC(N)=NCCC[C@H](NC(=O)c1sccc1NS(=O)(=O)c1ccccc1-c1cncnc1)C(=O)O. The zero-order valence-electron chi connectivity index (χ0n) is 18.3. The molecule has 1 amide bonds. The van der Waals surface area contributed by atoms with Gasteiger partial charge in [-0.25, -0.2) is 23.2 Å². The molecule has 1 atom stereocenters. The van der Waals surface area contributed by atoms with Crippen LogP contribution in [0.4, 0.5) is 5.69 Å². The average molecular weight is 518 g/mol. The molecule has 0 radical (unpaired) electrons. The first kappa shape index (κ1) is 25.6. The summed E-state index contributed by atoms with van der Waals surface area (Å²) < 4.78 is 28.9. The Hall–Kier alpha value is -4.04. The highest BCUT2D eigenvalue weighted by Gasteiger charge is 2.26. The number of guanidine groups is 1. The van der Waals surface area contributed by atoms with E-state index >= 15 is 0 Å². The fourth-order valence-corrected chi connectivity index (χ4v) is 5.25. The number of nitrogens with one attached hydrogen (secondary N) is 2. The number of aromatic nitrogens is 2. The van der Waals surface area contributed by atoms with Gasteiger partial charge < -0.3 is 21.9 Å². The molecule has 0 saturated carbocycles. The lowest BCUT2D eigenvalue weighted by atomic mass is 10.1. The number of thiophene rings is 1. The number of rotatable bonds is 11. The van der Waals surface area contributed by atoms with Gasteiger partial charge in [0.15, 0.2) is 5.96 Å². The number of nitrogens with zero attached hydrogens (tertiary/aromatic N) is 3. The summed E-state index contributed by atoms with van der Waals surface area (Å²) in [7, 11) is -4.12. The zero-order valence-corrected chi connectivity index (χ0v) is 19.9. The monoisotopic (exact) mass is 517 g/mol. The molecular formula is C21H23N7O5S2. The number of carboxylic acids is 1. The van der Waals surface area contributed by atoms with Gasteiger partial charge in [-0.15, -0.1) is 11.3 Å². The third-order valence-corrected chi connectivity index (χ3v) is 7.05. The number of anilines is 1. The maximum absolute atomic E-state index is 13.2. The molecule has 0 unspecified atom stereocenters. The van der Waals surface area contributed by atoms with Gasteiger partial charge in [-0.3, -0.25) is 14.5 Å². The largest absolute Gasteiger partial charge is 0.480 e. The Labute approximate surface area is 205 Å². The second-order valence-corrected chi connectivity index (χ2v) is 9.77. The van der Waals surface area contributed by atoms with Crippen LogP contribution in [0.25, 0.3) is 11.1 Å². The van der Waals surface area contributed by atoms with E-state index in [0.29, 0.717) is 17.5 Å². The van der Waals surface area contributed by atoms with Crippen LogP contribution in [0.1, 0.15) is 22.5 Å². The molecule has 7 N–H and O–H groups in total. The molecule has 0 bridgehead atoms. The number of carbonyl (C=O) groups is 2. The van der Waals surface area contributed by atoms with Crippen LogP contribution in [-0.4, -0.2) is 53.9 Å². The van der Waals surface area contributed by atoms with Gasteiger partial charge in [0, 0.05) is 30.1 Å². The van der Waals surface area contributed by atoms with Gasteiger partial charge in [0.2, 0.25) is 0 Å². The number of benzene rings is 1. The summed E-state index contributed by atoms with van der Waals surface area (Å²) in [5.74, 6) is -2.07. The third kappa shape index (κ3) is 6.74. The third-order valence-electron chi connectivity index (χ3n) is 4.71. The van der Waals surface area contributed by atoms with Crippen LogP contribution in [0.5, 0.6) is 0 Å². The normalized spacial score (nSPS) is 11.9. The van der Waals surface area contributed by atoms with Crippen molar-refractivity contribution in [2.24, 2.45) is 16.5 Å². The lowest BCUT2D eigenvalue weighted by molar-refractivity contribution is -0.139. The second-order valence-electron chi connectivity index (χ2n) is 7.21. The molecule has 0 aliphatic rings. The summed E-state index contributed by atoms with van der Waals surface area (Å²) >= 11 is 0.973. The maximum Gasteiger partial charge on any atom is 0.326 e. The molecule has 14 heteroatoms. The van der Waals surface area contributed by atoms with Crippen molar-refractivity contribution in [2.75, 3.05) is 11.3 Å². The number of aliphatic imine (C=N–C) groups is 1. The lowest BCUT2D eigenvalue weighted by Gasteiger charge is -2.15. The number of aliphatic carboxylic acids is 1. The predicted molar refractivity (Wildman–Crippen MR) is 131 cm³/mol. The second kappa shape index (κ2) is 11.4. The molecule has 3 rings (SSSR count). The van der Waals surface area contributed by atoms with Crippen LogP contribution in [-0.2, 0) is 14.8 Å². The first-order chi connectivity index (χ1) is 16.7. The van der Waals surface area contributed by atoms with E-state index in [-0.39, 0.29) is 34.4 Å². The van der Waals surface area contributed by atoms with Gasteiger partial charge in [0.25, 0.3) is 15.9 Å². The van der Waals surface area contributed by atoms with E-state index in [9.17, 15) is 23.1 Å². The van der Waals surface area contributed by atoms with E-state index in [1.54, 1.807) is 18.2 Å². The zero-order chi connectivity index (χ0) is 25.4. The number of carbonyl (C=O) groups excluding carboxylic acids is 1. The van der Waals surface area contributed by atoms with Crippen molar-refractivity contribution < 1.29 is 23.1 Å². The Balaban J connectivity index is 1.79. The van der Waals surface area contributed by atoms with Crippen LogP contribution >= 0.6 is 11.3 Å². The lowest BCUT2D eigenvalue weighted by Crippen LogP contribution is -2.40. The van der Waals surface area contributed by atoms with Crippen molar-refractivity contribution in [3.63, 3.8) is 0 Å². The van der Waals surface area contributed by atoms with Crippen molar-refractivity contribution in [3.8, 4) is 11.1 Å². The van der Waals surface area contributed by atoms with Gasteiger partial charge in [-0.2, -0.15) is 0 Å². The fraction of sp³-hybridized carbons (Fsp3) is 0.190. The topological polar surface area (TPSA) is 203 Å². The minimum absolute atomic E-state index is 0.0181. The molecule has 2 heterocycles. The number of nitrogens with two attached hydrogens (primary N) is 2. The molecule has 0 saturated heterocycles. The Kier molecular flexibility index (Phi) is 8.33. The van der Waals surface area contributed by atoms with Crippen molar-refractivity contribution in [1.29, 1.82) is 0 Å². The number of hydrogen-bond donors (Lipinski definition) is 5. The summed E-state index contributed by atoms with van der Waals surface area (Å²) in [4.78, 5) is 36.0. The first-order valence-corrected chi connectivity index (χ1v) is 12.6. The Bertz CT molecular complexity index is 1320. The minimum atomic E-state index is -4.12. The van der Waals surface area contributed by atoms with E-state index in [1.807, 2.05) is 0 Å². The van der Waals surface area contributed by atoms with Gasteiger partial charge in [-0.05, 0) is 30.4 Å². The Morgan fingerprint density at radius 2 is 1.86 bits per heavy atom. The smallest absolute Gasteiger partial charge is 0.326 e. The summed E-state index contributed by atoms with van der Waals surface area (Å²) in [5, 5.41) is 13.4. The molecule has 3 aromatic rings. The molecule has 0 aliphatic carbocycles.